The molecule has 186 valence electrons. The maximum absolute atomic E-state index is 13.4. The molecule has 0 aromatic heterocycles. The molecule has 7 nitrogen and oxygen atoms in total. The van der Waals surface area contributed by atoms with Crippen molar-refractivity contribution in [1.29, 1.82) is 0 Å². The second-order valence-corrected chi connectivity index (χ2v) is 10.6. The van der Waals surface area contributed by atoms with Crippen LogP contribution in [0.2, 0.25) is 0 Å². The molecular formula is C27H39N3O4. The molecule has 1 aromatic carbocycles. The highest BCUT2D eigenvalue weighted by Crippen LogP contribution is 2.33. The minimum Gasteiger partial charge on any atom is -0.493 e. The predicted octanol–water partition coefficient (Wildman–Crippen LogP) is 2.78. The fourth-order valence-electron chi connectivity index (χ4n) is 5.75. The molecule has 2 amide bonds. The van der Waals surface area contributed by atoms with Crippen LogP contribution in [0.5, 0.6) is 5.75 Å². The van der Waals surface area contributed by atoms with Crippen LogP contribution in [0.1, 0.15) is 44.1 Å². The van der Waals surface area contributed by atoms with Crippen LogP contribution in [0.25, 0.3) is 0 Å². The van der Waals surface area contributed by atoms with E-state index in [1.165, 1.54) is 18.4 Å². The Hall–Kier alpha value is -2.12. The van der Waals surface area contributed by atoms with E-state index in [9.17, 15) is 9.59 Å². The first kappa shape index (κ1) is 23.6. The molecule has 0 spiro atoms. The van der Waals surface area contributed by atoms with Crippen molar-refractivity contribution in [2.24, 2.45) is 17.8 Å². The molecule has 0 unspecified atom stereocenters. The van der Waals surface area contributed by atoms with Crippen LogP contribution in [-0.4, -0.2) is 85.6 Å². The summed E-state index contributed by atoms with van der Waals surface area (Å²) in [5, 5.41) is 0. The molecule has 7 heteroatoms. The number of carbonyl (C=O) groups is 2. The summed E-state index contributed by atoms with van der Waals surface area (Å²) < 4.78 is 11.6. The van der Waals surface area contributed by atoms with E-state index >= 15 is 0 Å². The first-order chi connectivity index (χ1) is 16.7. The number of benzene rings is 1. The van der Waals surface area contributed by atoms with E-state index in [1.807, 2.05) is 11.0 Å². The van der Waals surface area contributed by atoms with Crippen molar-refractivity contribution >= 4 is 11.8 Å². The number of para-hydroxylation sites is 1. The Bertz CT molecular complexity index is 852. The predicted molar refractivity (Wildman–Crippen MR) is 129 cm³/mol. The number of rotatable bonds is 4. The zero-order chi connectivity index (χ0) is 23.3. The van der Waals surface area contributed by atoms with Gasteiger partial charge in [-0.2, -0.15) is 0 Å². The topological polar surface area (TPSA) is 62.3 Å². The summed E-state index contributed by atoms with van der Waals surface area (Å²) in [4.78, 5) is 32.7. The van der Waals surface area contributed by atoms with Gasteiger partial charge in [-0.05, 0) is 55.9 Å². The Labute approximate surface area is 203 Å². The van der Waals surface area contributed by atoms with Crippen LogP contribution in [0.4, 0.5) is 0 Å². The van der Waals surface area contributed by atoms with Crippen molar-refractivity contribution in [2.45, 2.75) is 45.1 Å². The highest BCUT2D eigenvalue weighted by Gasteiger charge is 2.35. The number of amides is 2. The third-order valence-electron chi connectivity index (χ3n) is 7.96. The molecule has 3 heterocycles. The molecule has 3 aliphatic heterocycles. The normalized spacial score (nSPS) is 27.1. The highest BCUT2D eigenvalue weighted by atomic mass is 16.5. The van der Waals surface area contributed by atoms with Gasteiger partial charge in [0.25, 0.3) is 0 Å². The van der Waals surface area contributed by atoms with Crippen molar-refractivity contribution in [3.8, 4) is 5.75 Å². The van der Waals surface area contributed by atoms with Gasteiger partial charge >= 0.3 is 0 Å². The first-order valence-electron chi connectivity index (χ1n) is 13.2. The summed E-state index contributed by atoms with van der Waals surface area (Å²) in [5.41, 5.74) is 1.17. The number of nitrogens with zero attached hydrogens (tertiary/aromatic N) is 3. The van der Waals surface area contributed by atoms with Gasteiger partial charge in [0.2, 0.25) is 11.8 Å². The van der Waals surface area contributed by atoms with Gasteiger partial charge in [-0.1, -0.05) is 18.2 Å². The van der Waals surface area contributed by atoms with E-state index in [-0.39, 0.29) is 11.8 Å². The van der Waals surface area contributed by atoms with Crippen molar-refractivity contribution in [2.75, 3.05) is 59.1 Å². The molecule has 2 bridgehead atoms. The zero-order valence-electron chi connectivity index (χ0n) is 20.3. The monoisotopic (exact) mass is 469 g/mol. The lowest BCUT2D eigenvalue weighted by atomic mass is 9.80. The molecule has 1 aliphatic carbocycles. The lowest BCUT2D eigenvalue weighted by Gasteiger charge is -2.40. The number of ether oxygens (including phenoxy) is 2. The Morgan fingerprint density at radius 3 is 2.62 bits per heavy atom. The molecule has 0 radical (unpaired) electrons. The Kier molecular flexibility index (Phi) is 7.70. The van der Waals surface area contributed by atoms with Crippen LogP contribution in [0.3, 0.4) is 0 Å². The summed E-state index contributed by atoms with van der Waals surface area (Å²) in [5.74, 6) is 2.83. The smallest absolute Gasteiger partial charge is 0.236 e. The fraction of sp³-hybridized carbons (Fsp3) is 0.704. The SMILES string of the molecule is O=C(C[C@@H]1CCN2C[C@@H]1CCCOc1ccccc1CN(CC1CC1)CC2=O)N1CCOCC1. The van der Waals surface area contributed by atoms with Crippen molar-refractivity contribution in [3.05, 3.63) is 29.8 Å². The van der Waals surface area contributed by atoms with Gasteiger partial charge in [-0.15, -0.1) is 0 Å². The van der Waals surface area contributed by atoms with E-state index in [2.05, 4.69) is 28.0 Å². The third kappa shape index (κ3) is 6.11. The van der Waals surface area contributed by atoms with Gasteiger partial charge < -0.3 is 19.3 Å². The third-order valence-corrected chi connectivity index (χ3v) is 7.96. The average Bonchev–Trinajstić information content (AvgIpc) is 3.67. The van der Waals surface area contributed by atoms with E-state index < -0.39 is 0 Å². The van der Waals surface area contributed by atoms with E-state index in [1.54, 1.807) is 0 Å². The number of fused-ring (bicyclic) bond motifs is 3. The molecule has 1 aromatic rings. The summed E-state index contributed by atoms with van der Waals surface area (Å²) >= 11 is 0. The quantitative estimate of drug-likeness (QED) is 0.679. The maximum Gasteiger partial charge on any atom is 0.236 e. The molecule has 4 aliphatic rings. The number of carbonyl (C=O) groups excluding carboxylic acids is 2. The number of hydrogen-bond acceptors (Lipinski definition) is 5. The molecule has 3 fully saturated rings. The van der Waals surface area contributed by atoms with E-state index in [4.69, 9.17) is 9.47 Å². The summed E-state index contributed by atoms with van der Waals surface area (Å²) in [7, 11) is 0. The lowest BCUT2D eigenvalue weighted by molar-refractivity contribution is -0.139. The number of hydrogen-bond donors (Lipinski definition) is 0. The van der Waals surface area contributed by atoms with Crippen molar-refractivity contribution in [1.82, 2.24) is 14.7 Å². The van der Waals surface area contributed by atoms with Crippen LogP contribution < -0.4 is 4.74 Å². The zero-order valence-corrected chi connectivity index (χ0v) is 20.3. The molecule has 34 heavy (non-hydrogen) atoms. The molecular weight excluding hydrogens is 430 g/mol. The lowest BCUT2D eigenvalue weighted by Crippen LogP contribution is -2.49. The van der Waals surface area contributed by atoms with Crippen molar-refractivity contribution < 1.29 is 19.1 Å². The number of piperidine rings is 1. The molecule has 0 N–H and O–H groups in total. The van der Waals surface area contributed by atoms with Gasteiger partial charge in [0.05, 0.1) is 26.4 Å². The maximum atomic E-state index is 13.4. The van der Waals surface area contributed by atoms with E-state index in [0.29, 0.717) is 57.7 Å². The van der Waals surface area contributed by atoms with Gasteiger partial charge in [-0.3, -0.25) is 14.5 Å². The minimum atomic E-state index is 0.237. The van der Waals surface area contributed by atoms with Crippen molar-refractivity contribution in [3.63, 3.8) is 0 Å². The second-order valence-electron chi connectivity index (χ2n) is 10.6. The Morgan fingerprint density at radius 1 is 0.971 bits per heavy atom. The average molecular weight is 470 g/mol. The molecule has 1 saturated carbocycles. The van der Waals surface area contributed by atoms with Gasteiger partial charge in [0, 0.05) is 51.3 Å². The molecule has 2 saturated heterocycles. The van der Waals surface area contributed by atoms with Crippen LogP contribution >= 0.6 is 0 Å². The van der Waals surface area contributed by atoms with Gasteiger partial charge in [0.15, 0.2) is 0 Å². The van der Waals surface area contributed by atoms with Gasteiger partial charge in [0.1, 0.15) is 5.75 Å². The largest absolute Gasteiger partial charge is 0.493 e. The van der Waals surface area contributed by atoms with Gasteiger partial charge in [-0.25, -0.2) is 0 Å². The van der Waals surface area contributed by atoms with E-state index in [0.717, 1.165) is 57.1 Å². The number of morpholine rings is 1. The first-order valence-corrected chi connectivity index (χ1v) is 13.2. The molecule has 5 rings (SSSR count). The van der Waals surface area contributed by atoms with Crippen LogP contribution in [-0.2, 0) is 20.9 Å². The summed E-state index contributed by atoms with van der Waals surface area (Å²) in [6.45, 7) is 7.08. The minimum absolute atomic E-state index is 0.237. The summed E-state index contributed by atoms with van der Waals surface area (Å²) in [6, 6.07) is 8.27. The Morgan fingerprint density at radius 2 is 1.79 bits per heavy atom. The second kappa shape index (κ2) is 11.1. The van der Waals surface area contributed by atoms with Crippen LogP contribution in [0, 0.1) is 17.8 Å². The highest BCUT2D eigenvalue weighted by molar-refractivity contribution is 5.79. The standard InChI is InChI=1S/C27H39N3O4/c31-26(29-11-14-33-15-12-29)16-22-9-10-30-19-23(22)5-3-13-34-25-6-2-1-4-24(25)18-28(20-27(30)32)17-21-7-8-21/h1-2,4,6,21-23H,3,5,7-20H2/t22-,23-/m0/s1. The molecule has 2 atom stereocenters. The fourth-order valence-corrected chi connectivity index (χ4v) is 5.75. The van der Waals surface area contributed by atoms with Crippen LogP contribution in [0.15, 0.2) is 24.3 Å². The Balaban J connectivity index is 1.29. The summed E-state index contributed by atoms with van der Waals surface area (Å²) in [6.07, 6.45) is 5.97.